The molecule has 1 fully saturated rings. The van der Waals surface area contributed by atoms with E-state index in [1.807, 2.05) is 4.90 Å². The topological polar surface area (TPSA) is 108 Å². The zero-order chi connectivity index (χ0) is 19.7. The maximum atomic E-state index is 13.3. The number of aromatic hydroxyl groups is 1. The third kappa shape index (κ3) is 3.38. The van der Waals surface area contributed by atoms with Gasteiger partial charge in [-0.3, -0.25) is 14.7 Å². The third-order valence-corrected chi connectivity index (χ3v) is 4.70. The average molecular weight is 382 g/mol. The lowest BCUT2D eigenvalue weighted by atomic mass is 10.2. The van der Waals surface area contributed by atoms with Crippen LogP contribution in [0.5, 0.6) is 5.75 Å². The SMILES string of the molecule is NC1=C(C=Nc2ccc(N3CC[C@H](F)C3)nc2)C(=O)N(c2ncccc2O)C1. The molecule has 0 radical (unpaired) electrons. The average Bonchev–Trinajstić information content (AvgIpc) is 3.24. The van der Waals surface area contributed by atoms with Crippen LogP contribution in [0.1, 0.15) is 6.42 Å². The summed E-state index contributed by atoms with van der Waals surface area (Å²) in [5.41, 5.74) is 7.12. The third-order valence-electron chi connectivity index (χ3n) is 4.70. The fourth-order valence-corrected chi connectivity index (χ4v) is 3.22. The molecule has 144 valence electrons. The van der Waals surface area contributed by atoms with Crippen molar-refractivity contribution >= 4 is 29.4 Å². The van der Waals surface area contributed by atoms with Crippen LogP contribution in [0.15, 0.2) is 52.9 Å². The van der Waals surface area contributed by atoms with Gasteiger partial charge in [0.15, 0.2) is 11.6 Å². The number of hydrogen-bond donors (Lipinski definition) is 2. The van der Waals surface area contributed by atoms with E-state index in [0.717, 1.165) is 0 Å². The Hall–Kier alpha value is -3.49. The molecule has 28 heavy (non-hydrogen) atoms. The van der Waals surface area contributed by atoms with Crippen molar-refractivity contribution < 1.29 is 14.3 Å². The number of aromatic nitrogens is 2. The van der Waals surface area contributed by atoms with Crippen molar-refractivity contribution in [2.75, 3.05) is 29.4 Å². The summed E-state index contributed by atoms with van der Waals surface area (Å²) < 4.78 is 13.3. The molecule has 0 unspecified atom stereocenters. The lowest BCUT2D eigenvalue weighted by molar-refractivity contribution is -0.114. The number of aliphatic imine (C=N–C) groups is 1. The molecule has 2 aromatic heterocycles. The van der Waals surface area contributed by atoms with Crippen LogP contribution < -0.4 is 15.5 Å². The molecule has 2 aliphatic rings. The van der Waals surface area contributed by atoms with Crippen LogP contribution in [0, 0.1) is 0 Å². The summed E-state index contributed by atoms with van der Waals surface area (Å²) in [7, 11) is 0. The first-order valence-corrected chi connectivity index (χ1v) is 8.86. The second-order valence-corrected chi connectivity index (χ2v) is 6.64. The second kappa shape index (κ2) is 7.26. The lowest BCUT2D eigenvalue weighted by Gasteiger charge is -2.16. The molecule has 2 aliphatic heterocycles. The molecular formula is C19H19FN6O2. The van der Waals surface area contributed by atoms with E-state index in [-0.39, 0.29) is 29.6 Å². The first kappa shape index (κ1) is 17.9. The molecule has 4 rings (SSSR count). The highest BCUT2D eigenvalue weighted by Crippen LogP contribution is 2.29. The smallest absolute Gasteiger partial charge is 0.263 e. The highest BCUT2D eigenvalue weighted by molar-refractivity contribution is 6.22. The van der Waals surface area contributed by atoms with Gasteiger partial charge in [-0.05, 0) is 30.7 Å². The van der Waals surface area contributed by atoms with E-state index < -0.39 is 6.17 Å². The van der Waals surface area contributed by atoms with Gasteiger partial charge >= 0.3 is 0 Å². The van der Waals surface area contributed by atoms with Crippen LogP contribution in [0.4, 0.5) is 21.7 Å². The van der Waals surface area contributed by atoms with Gasteiger partial charge in [-0.25, -0.2) is 14.4 Å². The summed E-state index contributed by atoms with van der Waals surface area (Å²) in [6.07, 6.45) is 4.14. The number of nitrogens with zero attached hydrogens (tertiary/aromatic N) is 5. The largest absolute Gasteiger partial charge is 0.504 e. The summed E-state index contributed by atoms with van der Waals surface area (Å²) in [6.45, 7) is 1.12. The molecule has 4 heterocycles. The van der Waals surface area contributed by atoms with Crippen LogP contribution in [0.2, 0.25) is 0 Å². The van der Waals surface area contributed by atoms with E-state index in [1.165, 1.54) is 23.4 Å². The normalized spacial score (nSPS) is 20.0. The summed E-state index contributed by atoms with van der Waals surface area (Å²) in [6, 6.07) is 6.56. The predicted octanol–water partition coefficient (Wildman–Crippen LogP) is 1.69. The van der Waals surface area contributed by atoms with Crippen LogP contribution in [-0.4, -0.2) is 53.0 Å². The Kier molecular flexibility index (Phi) is 4.64. The van der Waals surface area contributed by atoms with E-state index in [0.29, 0.717) is 36.7 Å². The van der Waals surface area contributed by atoms with Crippen LogP contribution in [-0.2, 0) is 4.79 Å². The Morgan fingerprint density at radius 3 is 2.86 bits per heavy atom. The first-order chi connectivity index (χ1) is 13.5. The van der Waals surface area contributed by atoms with Crippen molar-refractivity contribution in [3.63, 3.8) is 0 Å². The summed E-state index contributed by atoms with van der Waals surface area (Å²) in [5, 5.41) is 9.92. The van der Waals surface area contributed by atoms with Crippen LogP contribution in [0.3, 0.4) is 0 Å². The zero-order valence-electron chi connectivity index (χ0n) is 15.0. The molecule has 0 saturated carbocycles. The van der Waals surface area contributed by atoms with E-state index >= 15 is 0 Å². The number of pyridine rings is 2. The molecule has 0 aromatic carbocycles. The lowest BCUT2D eigenvalue weighted by Crippen LogP contribution is -2.28. The fourth-order valence-electron chi connectivity index (χ4n) is 3.22. The van der Waals surface area contributed by atoms with Gasteiger partial charge in [-0.15, -0.1) is 0 Å². The van der Waals surface area contributed by atoms with Gasteiger partial charge in [0.05, 0.1) is 30.5 Å². The van der Waals surface area contributed by atoms with Crippen molar-refractivity contribution in [2.45, 2.75) is 12.6 Å². The number of alkyl halides is 1. The molecule has 8 nitrogen and oxygen atoms in total. The number of rotatable bonds is 4. The number of carbonyl (C=O) groups is 1. The number of amides is 1. The Bertz CT molecular complexity index is 959. The maximum absolute atomic E-state index is 13.3. The Labute approximate surface area is 160 Å². The number of nitrogens with two attached hydrogens (primary N) is 1. The molecule has 0 spiro atoms. The molecule has 3 N–H and O–H groups in total. The van der Waals surface area contributed by atoms with Crippen molar-refractivity contribution in [2.24, 2.45) is 10.7 Å². The quantitative estimate of drug-likeness (QED) is 0.779. The van der Waals surface area contributed by atoms with E-state index in [4.69, 9.17) is 5.73 Å². The number of anilines is 2. The first-order valence-electron chi connectivity index (χ1n) is 8.86. The Morgan fingerprint density at radius 2 is 2.18 bits per heavy atom. The van der Waals surface area contributed by atoms with Crippen LogP contribution in [0.25, 0.3) is 0 Å². The Morgan fingerprint density at radius 1 is 1.32 bits per heavy atom. The zero-order valence-corrected chi connectivity index (χ0v) is 15.0. The van der Waals surface area contributed by atoms with Gasteiger partial charge in [0.2, 0.25) is 0 Å². The number of hydrogen-bond acceptors (Lipinski definition) is 7. The minimum Gasteiger partial charge on any atom is -0.504 e. The van der Waals surface area contributed by atoms with E-state index in [1.54, 1.807) is 24.4 Å². The second-order valence-electron chi connectivity index (χ2n) is 6.64. The molecule has 2 aromatic rings. The maximum Gasteiger partial charge on any atom is 0.263 e. The molecule has 9 heteroatoms. The Balaban J connectivity index is 1.48. The van der Waals surface area contributed by atoms with Crippen molar-refractivity contribution in [1.82, 2.24) is 9.97 Å². The van der Waals surface area contributed by atoms with E-state index in [2.05, 4.69) is 15.0 Å². The number of carbonyl (C=O) groups excluding carboxylic acids is 1. The molecule has 0 aliphatic carbocycles. The van der Waals surface area contributed by atoms with Gasteiger partial charge in [-0.2, -0.15) is 0 Å². The van der Waals surface area contributed by atoms with Gasteiger partial charge in [0.1, 0.15) is 12.0 Å². The minimum atomic E-state index is -0.815. The summed E-state index contributed by atoms with van der Waals surface area (Å²) in [4.78, 5) is 28.4. The predicted molar refractivity (Wildman–Crippen MR) is 104 cm³/mol. The minimum absolute atomic E-state index is 0.0981. The molecule has 1 saturated heterocycles. The molecule has 0 bridgehead atoms. The summed E-state index contributed by atoms with van der Waals surface area (Å²) in [5.74, 6) is 0.373. The van der Waals surface area contributed by atoms with Gasteiger partial charge in [0.25, 0.3) is 5.91 Å². The van der Waals surface area contributed by atoms with Gasteiger partial charge in [0, 0.05) is 24.7 Å². The van der Waals surface area contributed by atoms with Gasteiger partial charge < -0.3 is 15.7 Å². The summed E-state index contributed by atoms with van der Waals surface area (Å²) >= 11 is 0. The van der Waals surface area contributed by atoms with E-state index in [9.17, 15) is 14.3 Å². The standard InChI is InChI=1S/C19H19FN6O2/c20-12-5-7-25(10-12)17-4-3-13(8-24-17)23-9-14-15(21)11-26(19(14)28)18-16(27)2-1-6-22-18/h1-4,6,8-9,12,27H,5,7,10-11,21H2/t12-/m0/s1. The highest BCUT2D eigenvalue weighted by atomic mass is 19.1. The molecular weight excluding hydrogens is 363 g/mol. The highest BCUT2D eigenvalue weighted by Gasteiger charge is 2.31. The fraction of sp³-hybridized carbons (Fsp3) is 0.263. The van der Waals surface area contributed by atoms with Crippen molar-refractivity contribution in [3.05, 3.63) is 47.9 Å². The number of halogens is 1. The van der Waals surface area contributed by atoms with Crippen LogP contribution >= 0.6 is 0 Å². The van der Waals surface area contributed by atoms with Crippen molar-refractivity contribution in [3.8, 4) is 5.75 Å². The molecule has 1 amide bonds. The molecule has 1 atom stereocenters. The van der Waals surface area contributed by atoms with Gasteiger partial charge in [-0.1, -0.05) is 0 Å². The monoisotopic (exact) mass is 382 g/mol. The van der Waals surface area contributed by atoms with Crippen molar-refractivity contribution in [1.29, 1.82) is 0 Å².